The molecule has 0 aliphatic carbocycles. The summed E-state index contributed by atoms with van der Waals surface area (Å²) in [5.41, 5.74) is 3.59. The van der Waals surface area contributed by atoms with Crippen molar-refractivity contribution in [1.82, 2.24) is 9.55 Å². The van der Waals surface area contributed by atoms with E-state index in [1.54, 1.807) is 0 Å². The molecule has 0 fully saturated rings. The van der Waals surface area contributed by atoms with E-state index in [0.717, 1.165) is 4.57 Å². The number of hydrogen-bond donors (Lipinski definition) is 3. The number of aromatic amines is 1. The summed E-state index contributed by atoms with van der Waals surface area (Å²) in [7, 11) is 0. The summed E-state index contributed by atoms with van der Waals surface area (Å²) in [6.45, 7) is 0.102. The number of carboxylic acid groups (broad SMARTS) is 1. The maximum absolute atomic E-state index is 11.9. The molecule has 0 unspecified atom stereocenters. The number of fused-ring (bicyclic) bond motifs is 1. The van der Waals surface area contributed by atoms with Crippen LogP contribution < -0.4 is 16.9 Å². The summed E-state index contributed by atoms with van der Waals surface area (Å²) in [6.07, 6.45) is 0.352. The van der Waals surface area contributed by atoms with Gasteiger partial charge in [0.15, 0.2) is 0 Å². The van der Waals surface area contributed by atoms with Crippen LogP contribution in [-0.2, 0) is 11.3 Å². The smallest absolute Gasteiger partial charge is 0.337 e. The lowest BCUT2D eigenvalue weighted by molar-refractivity contribution is -0.118. The van der Waals surface area contributed by atoms with Crippen LogP contribution in [0.15, 0.2) is 27.8 Å². The SMILES string of the molecule is NC(=O)CCCn1c(=O)c(=O)[nH]c2c(C(=O)O)cccc21. The van der Waals surface area contributed by atoms with Gasteiger partial charge in [0.1, 0.15) is 0 Å². The fourth-order valence-electron chi connectivity index (χ4n) is 2.11. The van der Waals surface area contributed by atoms with E-state index in [9.17, 15) is 19.2 Å². The summed E-state index contributed by atoms with van der Waals surface area (Å²) >= 11 is 0. The molecule has 8 heteroatoms. The molecule has 110 valence electrons. The minimum atomic E-state index is -1.21. The van der Waals surface area contributed by atoms with Gasteiger partial charge in [0.05, 0.1) is 16.6 Å². The van der Waals surface area contributed by atoms with Gasteiger partial charge in [0, 0.05) is 13.0 Å². The van der Waals surface area contributed by atoms with Crippen molar-refractivity contribution < 1.29 is 14.7 Å². The molecule has 0 saturated heterocycles. The highest BCUT2D eigenvalue weighted by molar-refractivity contribution is 6.00. The number of amides is 1. The topological polar surface area (TPSA) is 135 Å². The lowest BCUT2D eigenvalue weighted by Gasteiger charge is -2.10. The van der Waals surface area contributed by atoms with Gasteiger partial charge in [0.2, 0.25) is 5.91 Å². The number of carbonyl (C=O) groups is 2. The Hall–Kier alpha value is -2.90. The number of aryl methyl sites for hydroxylation is 1. The third kappa shape index (κ3) is 2.83. The van der Waals surface area contributed by atoms with E-state index in [1.807, 2.05) is 0 Å². The average Bonchev–Trinajstić information content (AvgIpc) is 2.42. The van der Waals surface area contributed by atoms with Crippen molar-refractivity contribution in [1.29, 1.82) is 0 Å². The van der Waals surface area contributed by atoms with Crippen LogP contribution in [0.5, 0.6) is 0 Å². The number of carbonyl (C=O) groups excluding carboxylic acids is 1. The molecule has 0 saturated carbocycles. The molecule has 0 aliphatic heterocycles. The van der Waals surface area contributed by atoms with Crippen LogP contribution in [0.4, 0.5) is 0 Å². The Balaban J connectivity index is 2.63. The van der Waals surface area contributed by atoms with Gasteiger partial charge in [-0.2, -0.15) is 0 Å². The second kappa shape index (κ2) is 5.61. The number of primary amides is 1. The van der Waals surface area contributed by atoms with E-state index >= 15 is 0 Å². The lowest BCUT2D eigenvalue weighted by Crippen LogP contribution is -2.37. The summed E-state index contributed by atoms with van der Waals surface area (Å²) in [5, 5.41) is 9.11. The maximum atomic E-state index is 11.9. The number of para-hydroxylation sites is 1. The molecule has 2 rings (SSSR count). The quantitative estimate of drug-likeness (QED) is 0.647. The predicted molar refractivity (Wildman–Crippen MR) is 74.2 cm³/mol. The zero-order valence-corrected chi connectivity index (χ0v) is 11.0. The van der Waals surface area contributed by atoms with Crippen molar-refractivity contribution >= 4 is 22.9 Å². The first-order chi connectivity index (χ1) is 9.91. The number of rotatable bonds is 5. The first kappa shape index (κ1) is 14.5. The Morgan fingerprint density at radius 1 is 1.29 bits per heavy atom. The molecule has 1 heterocycles. The monoisotopic (exact) mass is 291 g/mol. The number of benzene rings is 1. The van der Waals surface area contributed by atoms with E-state index in [1.165, 1.54) is 18.2 Å². The Labute approximate surface area is 117 Å². The molecule has 0 radical (unpaired) electrons. The first-order valence-corrected chi connectivity index (χ1v) is 6.19. The van der Waals surface area contributed by atoms with E-state index < -0.39 is 23.0 Å². The van der Waals surface area contributed by atoms with Crippen LogP contribution in [-0.4, -0.2) is 26.5 Å². The Bertz CT molecular complexity index is 834. The lowest BCUT2D eigenvalue weighted by atomic mass is 10.1. The molecule has 0 aliphatic rings. The average molecular weight is 291 g/mol. The van der Waals surface area contributed by atoms with Gasteiger partial charge in [-0.15, -0.1) is 0 Å². The Morgan fingerprint density at radius 2 is 2.00 bits per heavy atom. The third-order valence-electron chi connectivity index (χ3n) is 3.05. The molecule has 21 heavy (non-hydrogen) atoms. The molecular weight excluding hydrogens is 278 g/mol. The second-order valence-electron chi connectivity index (χ2n) is 4.49. The molecule has 4 N–H and O–H groups in total. The minimum Gasteiger partial charge on any atom is -0.478 e. The van der Waals surface area contributed by atoms with E-state index in [2.05, 4.69) is 4.98 Å². The van der Waals surface area contributed by atoms with Crippen molar-refractivity contribution in [2.45, 2.75) is 19.4 Å². The van der Waals surface area contributed by atoms with Crippen molar-refractivity contribution in [3.05, 3.63) is 44.5 Å². The summed E-state index contributed by atoms with van der Waals surface area (Å²) in [4.78, 5) is 47.7. The molecule has 0 bridgehead atoms. The largest absolute Gasteiger partial charge is 0.478 e. The number of aromatic nitrogens is 2. The number of hydrogen-bond acceptors (Lipinski definition) is 4. The van der Waals surface area contributed by atoms with Crippen LogP contribution in [0.3, 0.4) is 0 Å². The van der Waals surface area contributed by atoms with Crippen molar-refractivity contribution in [3.63, 3.8) is 0 Å². The van der Waals surface area contributed by atoms with Gasteiger partial charge in [-0.3, -0.25) is 14.4 Å². The maximum Gasteiger partial charge on any atom is 0.337 e. The number of nitrogens with one attached hydrogen (secondary N) is 1. The fraction of sp³-hybridized carbons (Fsp3) is 0.231. The van der Waals surface area contributed by atoms with Gasteiger partial charge < -0.3 is 20.4 Å². The fourth-order valence-corrected chi connectivity index (χ4v) is 2.11. The summed E-state index contributed by atoms with van der Waals surface area (Å²) in [5.74, 6) is -1.72. The second-order valence-corrected chi connectivity index (χ2v) is 4.49. The molecule has 0 spiro atoms. The van der Waals surface area contributed by atoms with E-state index in [4.69, 9.17) is 10.8 Å². The number of H-pyrrole nitrogens is 1. The molecule has 2 aromatic rings. The van der Waals surface area contributed by atoms with Crippen molar-refractivity contribution in [3.8, 4) is 0 Å². The highest BCUT2D eigenvalue weighted by Gasteiger charge is 2.14. The van der Waals surface area contributed by atoms with Gasteiger partial charge in [-0.25, -0.2) is 4.79 Å². The van der Waals surface area contributed by atoms with Gasteiger partial charge >= 0.3 is 17.1 Å². The standard InChI is InChI=1S/C13H13N3O5/c14-9(17)5-2-6-16-8-4-1-3-7(13(20)21)10(8)15-11(18)12(16)19/h1,3-4H,2,5-6H2,(H2,14,17)(H,15,18)(H,20,21). The van der Waals surface area contributed by atoms with Crippen LogP contribution in [0.1, 0.15) is 23.2 Å². The zero-order chi connectivity index (χ0) is 15.6. The molecule has 1 aromatic carbocycles. The first-order valence-electron chi connectivity index (χ1n) is 6.19. The van der Waals surface area contributed by atoms with E-state index in [-0.39, 0.29) is 30.5 Å². The molecule has 0 atom stereocenters. The Kier molecular flexibility index (Phi) is 3.88. The number of carboxylic acids is 1. The number of aromatic carboxylic acids is 1. The Morgan fingerprint density at radius 3 is 2.62 bits per heavy atom. The van der Waals surface area contributed by atoms with Gasteiger partial charge in [-0.1, -0.05) is 6.07 Å². The summed E-state index contributed by atoms with van der Waals surface area (Å²) in [6, 6.07) is 4.34. The van der Waals surface area contributed by atoms with Crippen molar-refractivity contribution in [2.24, 2.45) is 5.73 Å². The van der Waals surface area contributed by atoms with Gasteiger partial charge in [0.25, 0.3) is 0 Å². The highest BCUT2D eigenvalue weighted by Crippen LogP contribution is 2.14. The van der Waals surface area contributed by atoms with Crippen LogP contribution >= 0.6 is 0 Å². The van der Waals surface area contributed by atoms with Crippen LogP contribution in [0.25, 0.3) is 11.0 Å². The normalized spacial score (nSPS) is 10.7. The number of nitrogens with zero attached hydrogens (tertiary/aromatic N) is 1. The molecule has 1 aromatic heterocycles. The molecule has 1 amide bonds. The predicted octanol–water partition coefficient (Wildman–Crippen LogP) is -0.347. The van der Waals surface area contributed by atoms with Crippen LogP contribution in [0.2, 0.25) is 0 Å². The summed E-state index contributed by atoms with van der Waals surface area (Å²) < 4.78 is 1.16. The zero-order valence-electron chi connectivity index (χ0n) is 11.0. The van der Waals surface area contributed by atoms with E-state index in [0.29, 0.717) is 5.52 Å². The van der Waals surface area contributed by atoms with Crippen molar-refractivity contribution in [2.75, 3.05) is 0 Å². The number of nitrogens with two attached hydrogens (primary N) is 1. The van der Waals surface area contributed by atoms with Gasteiger partial charge in [-0.05, 0) is 18.6 Å². The molecular formula is C13H13N3O5. The van der Waals surface area contributed by atoms with Crippen LogP contribution in [0, 0.1) is 0 Å². The minimum absolute atomic E-state index is 0.0688. The third-order valence-corrected chi connectivity index (χ3v) is 3.05. The molecule has 8 nitrogen and oxygen atoms in total. The highest BCUT2D eigenvalue weighted by atomic mass is 16.4.